The van der Waals surface area contributed by atoms with Crippen molar-refractivity contribution in [1.29, 1.82) is 0 Å². The van der Waals surface area contributed by atoms with Crippen molar-refractivity contribution >= 4 is 16.0 Å². The summed E-state index contributed by atoms with van der Waals surface area (Å²) in [5, 5.41) is 6.42. The first-order chi connectivity index (χ1) is 13.9. The van der Waals surface area contributed by atoms with E-state index in [2.05, 4.69) is 15.6 Å². The molecule has 0 saturated carbocycles. The molecule has 8 heteroatoms. The Labute approximate surface area is 173 Å². The maximum atomic E-state index is 12.6. The minimum absolute atomic E-state index is 0.287. The van der Waals surface area contributed by atoms with E-state index in [9.17, 15) is 8.42 Å². The number of aliphatic imine (C=N–C) groups is 1. The number of para-hydroxylation sites is 1. The highest BCUT2D eigenvalue weighted by molar-refractivity contribution is 7.89. The van der Waals surface area contributed by atoms with Crippen molar-refractivity contribution in [3.63, 3.8) is 0 Å². The van der Waals surface area contributed by atoms with Gasteiger partial charge in [0, 0.05) is 32.7 Å². The Hall–Kier alpha value is -2.58. The molecule has 0 radical (unpaired) electrons. The number of guanidine groups is 1. The standard InChI is InChI=1S/C21H30N4O3S/c1-5-22-21(23-15-17-11-7-9-13-19(17)28-6-2)24-16-18-12-8-10-14-20(18)29(26,27)25(3)4/h7-14H,5-6,15-16H2,1-4H3,(H2,22,23,24). The van der Waals surface area contributed by atoms with Crippen LogP contribution in [0.5, 0.6) is 5.75 Å². The summed E-state index contributed by atoms with van der Waals surface area (Å²) >= 11 is 0. The highest BCUT2D eigenvalue weighted by Gasteiger charge is 2.20. The van der Waals surface area contributed by atoms with Crippen molar-refractivity contribution < 1.29 is 13.2 Å². The molecule has 2 aromatic carbocycles. The molecule has 7 nitrogen and oxygen atoms in total. The molecule has 0 amide bonds. The highest BCUT2D eigenvalue weighted by atomic mass is 32.2. The fraction of sp³-hybridized carbons (Fsp3) is 0.381. The number of hydrogen-bond acceptors (Lipinski definition) is 4. The van der Waals surface area contributed by atoms with E-state index in [0.717, 1.165) is 11.3 Å². The molecule has 0 unspecified atom stereocenters. The van der Waals surface area contributed by atoms with E-state index >= 15 is 0 Å². The number of benzene rings is 2. The van der Waals surface area contributed by atoms with Gasteiger partial charge in [-0.15, -0.1) is 0 Å². The first-order valence-electron chi connectivity index (χ1n) is 9.63. The molecule has 0 heterocycles. The molecule has 2 aromatic rings. The molecule has 0 aliphatic rings. The Morgan fingerprint density at radius 2 is 1.66 bits per heavy atom. The van der Waals surface area contributed by atoms with Crippen LogP contribution in [0.3, 0.4) is 0 Å². The number of hydrogen-bond donors (Lipinski definition) is 2. The molecule has 2 rings (SSSR count). The van der Waals surface area contributed by atoms with E-state index in [4.69, 9.17) is 4.74 Å². The maximum Gasteiger partial charge on any atom is 0.242 e. The van der Waals surface area contributed by atoms with Crippen LogP contribution in [-0.2, 0) is 23.1 Å². The van der Waals surface area contributed by atoms with Gasteiger partial charge in [0.2, 0.25) is 10.0 Å². The van der Waals surface area contributed by atoms with E-state index in [0.29, 0.717) is 37.8 Å². The zero-order valence-corrected chi connectivity index (χ0v) is 18.3. The van der Waals surface area contributed by atoms with Crippen LogP contribution >= 0.6 is 0 Å². The lowest BCUT2D eigenvalue weighted by atomic mass is 10.2. The van der Waals surface area contributed by atoms with Crippen molar-refractivity contribution in [2.24, 2.45) is 4.99 Å². The van der Waals surface area contributed by atoms with Crippen molar-refractivity contribution in [1.82, 2.24) is 14.9 Å². The van der Waals surface area contributed by atoms with Gasteiger partial charge >= 0.3 is 0 Å². The molecule has 0 bridgehead atoms. The van der Waals surface area contributed by atoms with Crippen LogP contribution in [0.15, 0.2) is 58.4 Å². The molecule has 0 spiro atoms. The van der Waals surface area contributed by atoms with Gasteiger partial charge in [-0.3, -0.25) is 0 Å². The fourth-order valence-corrected chi connectivity index (χ4v) is 3.83. The van der Waals surface area contributed by atoms with Crippen LogP contribution in [0.4, 0.5) is 0 Å². The summed E-state index contributed by atoms with van der Waals surface area (Å²) < 4.78 is 32.0. The minimum atomic E-state index is -3.52. The summed E-state index contributed by atoms with van der Waals surface area (Å²) in [5.41, 5.74) is 1.67. The molecule has 0 saturated heterocycles. The Kier molecular flexibility index (Phi) is 8.48. The van der Waals surface area contributed by atoms with Crippen LogP contribution in [0.25, 0.3) is 0 Å². The summed E-state index contributed by atoms with van der Waals surface area (Å²) in [7, 11) is -0.461. The van der Waals surface area contributed by atoms with Gasteiger partial charge in [0.25, 0.3) is 0 Å². The molecule has 29 heavy (non-hydrogen) atoms. The third kappa shape index (κ3) is 6.20. The monoisotopic (exact) mass is 418 g/mol. The van der Waals surface area contributed by atoms with Crippen molar-refractivity contribution in [2.75, 3.05) is 27.2 Å². The van der Waals surface area contributed by atoms with Gasteiger partial charge in [0.05, 0.1) is 18.0 Å². The Morgan fingerprint density at radius 1 is 1.00 bits per heavy atom. The van der Waals surface area contributed by atoms with Gasteiger partial charge in [-0.05, 0) is 31.5 Å². The summed E-state index contributed by atoms with van der Waals surface area (Å²) in [6.45, 7) is 6.00. The smallest absolute Gasteiger partial charge is 0.242 e. The Morgan fingerprint density at radius 3 is 2.31 bits per heavy atom. The Bertz CT molecular complexity index is 927. The maximum absolute atomic E-state index is 12.6. The molecular weight excluding hydrogens is 388 g/mol. The predicted octanol–water partition coefficient (Wildman–Crippen LogP) is 2.59. The molecule has 2 N–H and O–H groups in total. The molecular formula is C21H30N4O3S. The second-order valence-corrected chi connectivity index (χ2v) is 8.60. The van der Waals surface area contributed by atoms with Gasteiger partial charge in [-0.2, -0.15) is 0 Å². The second kappa shape index (κ2) is 10.8. The van der Waals surface area contributed by atoms with E-state index in [1.54, 1.807) is 18.2 Å². The average molecular weight is 419 g/mol. The fourth-order valence-electron chi connectivity index (χ4n) is 2.71. The zero-order valence-electron chi connectivity index (χ0n) is 17.5. The van der Waals surface area contributed by atoms with E-state index in [1.165, 1.54) is 18.4 Å². The quantitative estimate of drug-likeness (QED) is 0.483. The number of nitrogens with zero attached hydrogens (tertiary/aromatic N) is 2. The third-order valence-corrected chi connectivity index (χ3v) is 6.12. The third-order valence-electron chi connectivity index (χ3n) is 4.20. The number of sulfonamides is 1. The topological polar surface area (TPSA) is 83.0 Å². The first kappa shape index (κ1) is 22.7. The number of nitrogens with one attached hydrogen (secondary N) is 2. The normalized spacial score (nSPS) is 12.1. The first-order valence-corrected chi connectivity index (χ1v) is 11.1. The lowest BCUT2D eigenvalue weighted by Crippen LogP contribution is -2.37. The van der Waals surface area contributed by atoms with Gasteiger partial charge in [-0.25, -0.2) is 17.7 Å². The van der Waals surface area contributed by atoms with Gasteiger partial charge in [0.1, 0.15) is 5.75 Å². The predicted molar refractivity (Wildman–Crippen MR) is 117 cm³/mol. The number of rotatable bonds is 9. The van der Waals surface area contributed by atoms with Gasteiger partial charge < -0.3 is 15.4 Å². The molecule has 0 fully saturated rings. The van der Waals surface area contributed by atoms with Gasteiger partial charge in [0.15, 0.2) is 5.96 Å². The Balaban J connectivity index is 2.18. The van der Waals surface area contributed by atoms with Crippen molar-refractivity contribution in [3.05, 3.63) is 59.7 Å². The highest BCUT2D eigenvalue weighted by Crippen LogP contribution is 2.19. The SMILES string of the molecule is CCNC(=NCc1ccccc1OCC)NCc1ccccc1S(=O)(=O)N(C)C. The minimum Gasteiger partial charge on any atom is -0.494 e. The van der Waals surface area contributed by atoms with E-state index in [-0.39, 0.29) is 4.90 Å². The molecule has 0 atom stereocenters. The van der Waals surface area contributed by atoms with Crippen LogP contribution in [-0.4, -0.2) is 45.9 Å². The van der Waals surface area contributed by atoms with Crippen LogP contribution < -0.4 is 15.4 Å². The van der Waals surface area contributed by atoms with Crippen LogP contribution in [0, 0.1) is 0 Å². The summed E-state index contributed by atoms with van der Waals surface area (Å²) in [4.78, 5) is 4.91. The molecule has 0 aliphatic carbocycles. The lowest BCUT2D eigenvalue weighted by Gasteiger charge is -2.17. The molecule has 0 aliphatic heterocycles. The number of ether oxygens (including phenoxy) is 1. The van der Waals surface area contributed by atoms with E-state index in [1.807, 2.05) is 44.2 Å². The van der Waals surface area contributed by atoms with Crippen LogP contribution in [0.1, 0.15) is 25.0 Å². The van der Waals surface area contributed by atoms with Crippen molar-refractivity contribution in [3.8, 4) is 5.75 Å². The summed E-state index contributed by atoms with van der Waals surface area (Å²) in [6.07, 6.45) is 0. The largest absolute Gasteiger partial charge is 0.494 e. The van der Waals surface area contributed by atoms with E-state index < -0.39 is 10.0 Å². The van der Waals surface area contributed by atoms with Crippen LogP contribution in [0.2, 0.25) is 0 Å². The second-order valence-electron chi connectivity index (χ2n) is 6.48. The zero-order chi connectivity index (χ0) is 21.3. The summed E-state index contributed by atoms with van der Waals surface area (Å²) in [5.74, 6) is 1.42. The molecule has 0 aromatic heterocycles. The van der Waals surface area contributed by atoms with Gasteiger partial charge in [-0.1, -0.05) is 36.4 Å². The average Bonchev–Trinajstić information content (AvgIpc) is 2.71. The lowest BCUT2D eigenvalue weighted by molar-refractivity contribution is 0.336. The molecule has 158 valence electrons. The summed E-state index contributed by atoms with van der Waals surface area (Å²) in [6, 6.07) is 14.8. The van der Waals surface area contributed by atoms with Crippen molar-refractivity contribution in [2.45, 2.75) is 31.8 Å².